The van der Waals surface area contributed by atoms with Gasteiger partial charge in [0, 0.05) is 18.3 Å². The van der Waals surface area contributed by atoms with Gasteiger partial charge >= 0.3 is 0 Å². The number of hydrogen-bond acceptors (Lipinski definition) is 2. The van der Waals surface area contributed by atoms with E-state index in [4.69, 9.17) is 11.5 Å². The van der Waals surface area contributed by atoms with Crippen LogP contribution in [-0.4, -0.2) is 15.7 Å². The summed E-state index contributed by atoms with van der Waals surface area (Å²) in [5, 5.41) is 6.78. The number of fused-ring (bicyclic) bond motifs is 1. The van der Waals surface area contributed by atoms with E-state index in [1.807, 2.05) is 36.9 Å². The molecule has 0 bridgehead atoms. The van der Waals surface area contributed by atoms with Gasteiger partial charge in [-0.05, 0) is 42.3 Å². The van der Waals surface area contributed by atoms with Gasteiger partial charge in [-0.25, -0.2) is 4.99 Å². The molecule has 4 N–H and O–H groups in total. The highest BCUT2D eigenvalue weighted by molar-refractivity contribution is 5.99. The van der Waals surface area contributed by atoms with Gasteiger partial charge in [-0.3, -0.25) is 4.68 Å². The molecular weight excluding hydrogens is 274 g/mol. The Balaban J connectivity index is 2.25. The van der Waals surface area contributed by atoms with Crippen LogP contribution in [0.25, 0.3) is 21.9 Å². The quantitative estimate of drug-likeness (QED) is 0.563. The minimum atomic E-state index is 0.0643. The summed E-state index contributed by atoms with van der Waals surface area (Å²) in [4.78, 5) is 4.11. The van der Waals surface area contributed by atoms with Gasteiger partial charge in [-0.2, -0.15) is 5.10 Å². The van der Waals surface area contributed by atoms with E-state index < -0.39 is 0 Å². The predicted molar refractivity (Wildman–Crippen MR) is 91.1 cm³/mol. The highest BCUT2D eigenvalue weighted by atomic mass is 15.3. The third-order valence-electron chi connectivity index (χ3n) is 3.90. The predicted octanol–water partition coefficient (Wildman–Crippen LogP) is 2.76. The van der Waals surface area contributed by atoms with Crippen LogP contribution in [0.3, 0.4) is 0 Å². The third kappa shape index (κ3) is 2.30. The zero-order valence-electron chi connectivity index (χ0n) is 13.0. The van der Waals surface area contributed by atoms with Crippen molar-refractivity contribution in [2.24, 2.45) is 23.5 Å². The number of benzene rings is 2. The number of nitrogens with zero attached hydrogens (tertiary/aromatic N) is 3. The molecular formula is C17H19N5. The van der Waals surface area contributed by atoms with E-state index >= 15 is 0 Å². The van der Waals surface area contributed by atoms with E-state index in [1.54, 1.807) is 0 Å². The zero-order valence-corrected chi connectivity index (χ0v) is 13.0. The molecule has 0 amide bonds. The molecule has 0 atom stereocenters. The van der Waals surface area contributed by atoms with Crippen molar-refractivity contribution in [1.82, 2.24) is 9.78 Å². The van der Waals surface area contributed by atoms with E-state index in [1.165, 1.54) is 11.1 Å². The molecule has 0 saturated heterocycles. The van der Waals surface area contributed by atoms with Crippen LogP contribution in [0.15, 0.2) is 41.4 Å². The minimum Gasteiger partial charge on any atom is -0.370 e. The molecule has 0 radical (unpaired) electrons. The van der Waals surface area contributed by atoms with E-state index in [0.29, 0.717) is 0 Å². The molecule has 0 fully saturated rings. The summed E-state index contributed by atoms with van der Waals surface area (Å²) in [6, 6.07) is 12.2. The van der Waals surface area contributed by atoms with Gasteiger partial charge in [0.1, 0.15) is 0 Å². The van der Waals surface area contributed by atoms with Crippen molar-refractivity contribution in [2.75, 3.05) is 0 Å². The van der Waals surface area contributed by atoms with Crippen LogP contribution in [0.1, 0.15) is 11.4 Å². The molecule has 0 aliphatic heterocycles. The molecule has 0 spiro atoms. The van der Waals surface area contributed by atoms with Gasteiger partial charge in [0.25, 0.3) is 0 Å². The number of nitrogens with two attached hydrogens (primary N) is 2. The summed E-state index contributed by atoms with van der Waals surface area (Å²) in [6.45, 7) is 4.12. The lowest BCUT2D eigenvalue weighted by molar-refractivity contribution is 0.731. The lowest BCUT2D eigenvalue weighted by atomic mass is 9.96. The van der Waals surface area contributed by atoms with E-state index in [0.717, 1.165) is 27.8 Å². The van der Waals surface area contributed by atoms with E-state index in [-0.39, 0.29) is 5.96 Å². The Morgan fingerprint density at radius 3 is 2.55 bits per heavy atom. The second-order valence-electron chi connectivity index (χ2n) is 5.42. The first-order valence-electron chi connectivity index (χ1n) is 7.10. The Morgan fingerprint density at radius 1 is 1.14 bits per heavy atom. The molecule has 5 heteroatoms. The maximum absolute atomic E-state index is 5.45. The maximum atomic E-state index is 5.45. The monoisotopic (exact) mass is 293 g/mol. The molecule has 112 valence electrons. The first kappa shape index (κ1) is 14.1. The van der Waals surface area contributed by atoms with Crippen molar-refractivity contribution in [1.29, 1.82) is 0 Å². The second-order valence-corrected chi connectivity index (χ2v) is 5.42. The van der Waals surface area contributed by atoms with Crippen molar-refractivity contribution < 1.29 is 0 Å². The largest absolute Gasteiger partial charge is 0.370 e. The SMILES string of the molecule is Cc1nn(C)c(C)c1-c1cccc2cc(N=C(N)N)ccc12. The fourth-order valence-electron chi connectivity index (χ4n) is 2.87. The average Bonchev–Trinajstić information content (AvgIpc) is 2.70. The Hall–Kier alpha value is -2.82. The summed E-state index contributed by atoms with van der Waals surface area (Å²) in [7, 11) is 1.97. The lowest BCUT2D eigenvalue weighted by Crippen LogP contribution is -2.21. The topological polar surface area (TPSA) is 82.2 Å². The molecule has 1 heterocycles. The number of aromatic nitrogens is 2. The van der Waals surface area contributed by atoms with Crippen LogP contribution in [0.2, 0.25) is 0 Å². The average molecular weight is 293 g/mol. The minimum absolute atomic E-state index is 0.0643. The summed E-state index contributed by atoms with van der Waals surface area (Å²) in [5.74, 6) is 0.0643. The van der Waals surface area contributed by atoms with Gasteiger partial charge in [-0.15, -0.1) is 0 Å². The number of rotatable bonds is 2. The summed E-state index contributed by atoms with van der Waals surface area (Å²) < 4.78 is 1.91. The Kier molecular flexibility index (Phi) is 3.33. The van der Waals surface area contributed by atoms with Crippen molar-refractivity contribution in [3.63, 3.8) is 0 Å². The zero-order chi connectivity index (χ0) is 15.9. The fraction of sp³-hybridized carbons (Fsp3) is 0.176. The molecule has 22 heavy (non-hydrogen) atoms. The van der Waals surface area contributed by atoms with Gasteiger partial charge in [0.15, 0.2) is 5.96 Å². The fourth-order valence-corrected chi connectivity index (χ4v) is 2.87. The van der Waals surface area contributed by atoms with Crippen LogP contribution in [-0.2, 0) is 7.05 Å². The van der Waals surface area contributed by atoms with Crippen LogP contribution >= 0.6 is 0 Å². The Morgan fingerprint density at radius 2 is 1.91 bits per heavy atom. The highest BCUT2D eigenvalue weighted by Gasteiger charge is 2.14. The molecule has 1 aromatic heterocycles. The number of guanidine groups is 1. The number of hydrogen-bond donors (Lipinski definition) is 2. The number of aliphatic imine (C=N–C) groups is 1. The summed E-state index contributed by atoms with van der Waals surface area (Å²) in [5.41, 5.74) is 16.2. The van der Waals surface area contributed by atoms with Crippen LogP contribution < -0.4 is 11.5 Å². The Bertz CT molecular complexity index is 885. The maximum Gasteiger partial charge on any atom is 0.191 e. The molecule has 2 aromatic carbocycles. The second kappa shape index (κ2) is 5.18. The standard InChI is InChI=1S/C17H19N5/c1-10-16(11(2)22(3)21-10)15-6-4-5-12-9-13(20-17(18)19)7-8-14(12)15/h4-9H,1-3H3,(H4,18,19,20). The van der Waals surface area contributed by atoms with E-state index in [2.05, 4.69) is 35.2 Å². The van der Waals surface area contributed by atoms with E-state index in [9.17, 15) is 0 Å². The van der Waals surface area contributed by atoms with Gasteiger partial charge in [0.05, 0.1) is 11.4 Å². The van der Waals surface area contributed by atoms with Gasteiger partial charge in [-0.1, -0.05) is 24.3 Å². The van der Waals surface area contributed by atoms with Crippen molar-refractivity contribution in [2.45, 2.75) is 13.8 Å². The lowest BCUT2D eigenvalue weighted by Gasteiger charge is -2.08. The summed E-state index contributed by atoms with van der Waals surface area (Å²) >= 11 is 0. The molecule has 5 nitrogen and oxygen atoms in total. The Labute approximate surface area is 129 Å². The van der Waals surface area contributed by atoms with Gasteiger partial charge < -0.3 is 11.5 Å². The normalized spacial score (nSPS) is 10.9. The third-order valence-corrected chi connectivity index (χ3v) is 3.90. The van der Waals surface area contributed by atoms with Crippen molar-refractivity contribution in [3.05, 3.63) is 47.8 Å². The first-order chi connectivity index (χ1) is 10.5. The molecule has 3 rings (SSSR count). The summed E-state index contributed by atoms with van der Waals surface area (Å²) in [6.07, 6.45) is 0. The first-order valence-corrected chi connectivity index (χ1v) is 7.10. The molecule has 0 aliphatic carbocycles. The van der Waals surface area contributed by atoms with Gasteiger partial charge in [0.2, 0.25) is 0 Å². The van der Waals surface area contributed by atoms with Crippen molar-refractivity contribution in [3.8, 4) is 11.1 Å². The molecule has 3 aromatic rings. The van der Waals surface area contributed by atoms with Crippen LogP contribution in [0.5, 0.6) is 0 Å². The van der Waals surface area contributed by atoms with Crippen LogP contribution in [0, 0.1) is 13.8 Å². The smallest absolute Gasteiger partial charge is 0.191 e. The molecule has 0 unspecified atom stereocenters. The molecule has 0 aliphatic rings. The van der Waals surface area contributed by atoms with Crippen molar-refractivity contribution >= 4 is 22.4 Å². The van der Waals surface area contributed by atoms with Crippen LogP contribution in [0.4, 0.5) is 5.69 Å². The highest BCUT2D eigenvalue weighted by Crippen LogP contribution is 2.34. The molecule has 0 saturated carbocycles. The number of aryl methyl sites for hydroxylation is 2.